The minimum Gasteiger partial charge on any atom is -0.343 e. The number of rotatable bonds is 6. The Bertz CT molecular complexity index is 1380. The van der Waals surface area contributed by atoms with E-state index in [9.17, 15) is 14.9 Å². The maximum Gasteiger partial charge on any atom is 0.332 e. The van der Waals surface area contributed by atoms with Crippen LogP contribution >= 0.6 is 0 Å². The third kappa shape index (κ3) is 4.29. The van der Waals surface area contributed by atoms with E-state index in [1.54, 1.807) is 42.8 Å². The highest BCUT2D eigenvalue weighted by Crippen LogP contribution is 2.20. The molecule has 0 atom stereocenters. The summed E-state index contributed by atoms with van der Waals surface area (Å²) in [4.78, 5) is 33.1. The molecule has 2 N–H and O–H groups in total. The first-order valence-electron chi connectivity index (χ1n) is 10.2. The van der Waals surface area contributed by atoms with Crippen molar-refractivity contribution < 1.29 is 0 Å². The largest absolute Gasteiger partial charge is 0.343 e. The summed E-state index contributed by atoms with van der Waals surface area (Å²) < 4.78 is 4.20. The van der Waals surface area contributed by atoms with Gasteiger partial charge in [0.1, 0.15) is 0 Å². The van der Waals surface area contributed by atoms with E-state index in [0.29, 0.717) is 23.6 Å². The second kappa shape index (κ2) is 8.74. The van der Waals surface area contributed by atoms with Gasteiger partial charge >= 0.3 is 5.69 Å². The highest BCUT2D eigenvalue weighted by atomic mass is 16.2. The molecule has 0 aliphatic carbocycles. The Morgan fingerprint density at radius 3 is 2.53 bits per heavy atom. The minimum atomic E-state index is -0.505. The molecule has 9 heteroatoms. The summed E-state index contributed by atoms with van der Waals surface area (Å²) in [6, 6.07) is 9.01. The number of imidazole rings is 1. The zero-order chi connectivity index (χ0) is 23.6. The van der Waals surface area contributed by atoms with Crippen LogP contribution in [-0.2, 0) is 20.1 Å². The van der Waals surface area contributed by atoms with E-state index in [4.69, 9.17) is 5.73 Å². The maximum absolute atomic E-state index is 13.5. The number of hydrogen-bond donors (Lipinski definition) is 1. The molecule has 0 fully saturated rings. The lowest BCUT2D eigenvalue weighted by Gasteiger charge is -2.27. The van der Waals surface area contributed by atoms with Crippen molar-refractivity contribution in [2.75, 3.05) is 18.5 Å². The van der Waals surface area contributed by atoms with Crippen LogP contribution in [0.25, 0.3) is 11.2 Å². The van der Waals surface area contributed by atoms with Crippen LogP contribution in [0.2, 0.25) is 0 Å². The van der Waals surface area contributed by atoms with Crippen LogP contribution in [0, 0.1) is 23.2 Å². The van der Waals surface area contributed by atoms with Crippen LogP contribution in [0.3, 0.4) is 0 Å². The number of fused-ring (bicyclic) bond motifs is 1. The van der Waals surface area contributed by atoms with Crippen molar-refractivity contribution in [1.29, 1.82) is 5.26 Å². The number of aromatic nitrogens is 4. The van der Waals surface area contributed by atoms with E-state index in [0.717, 1.165) is 4.57 Å². The van der Waals surface area contributed by atoms with E-state index in [2.05, 4.69) is 22.9 Å². The van der Waals surface area contributed by atoms with Crippen molar-refractivity contribution in [3.63, 3.8) is 0 Å². The van der Waals surface area contributed by atoms with Gasteiger partial charge in [-0.25, -0.2) is 4.79 Å². The molecule has 166 valence electrons. The fraction of sp³-hybridized carbons (Fsp3) is 0.391. The van der Waals surface area contributed by atoms with E-state index in [1.165, 1.54) is 4.57 Å². The second-order valence-electron chi connectivity index (χ2n) is 8.44. The number of nitriles is 1. The molecule has 0 bridgehead atoms. The highest BCUT2D eigenvalue weighted by Gasteiger charge is 2.24. The van der Waals surface area contributed by atoms with Crippen LogP contribution in [0.15, 0.2) is 33.9 Å². The Hall–Kier alpha value is -3.82. The van der Waals surface area contributed by atoms with E-state index < -0.39 is 16.8 Å². The summed E-state index contributed by atoms with van der Waals surface area (Å²) in [6.07, 6.45) is 0. The Morgan fingerprint density at radius 2 is 1.91 bits per heavy atom. The van der Waals surface area contributed by atoms with Crippen LogP contribution in [0.1, 0.15) is 31.9 Å². The van der Waals surface area contributed by atoms with Crippen LogP contribution in [0.4, 0.5) is 5.95 Å². The van der Waals surface area contributed by atoms with Gasteiger partial charge in [0.25, 0.3) is 5.56 Å². The highest BCUT2D eigenvalue weighted by molar-refractivity contribution is 5.74. The summed E-state index contributed by atoms with van der Waals surface area (Å²) in [5.41, 5.74) is 6.27. The van der Waals surface area contributed by atoms with Gasteiger partial charge in [0.15, 0.2) is 11.2 Å². The lowest BCUT2D eigenvalue weighted by molar-refractivity contribution is 0.512. The van der Waals surface area contributed by atoms with Gasteiger partial charge in [-0.3, -0.25) is 18.5 Å². The zero-order valence-electron chi connectivity index (χ0n) is 19.0. The average molecular weight is 434 g/mol. The first-order valence-corrected chi connectivity index (χ1v) is 10.2. The molecule has 0 aliphatic rings. The average Bonchev–Trinajstić information content (AvgIpc) is 3.12. The normalized spacial score (nSPS) is 11.2. The SMILES string of the molecule is CC#CCn1c(N(C)CC(C)(C)N)nc2c1c(=O)n(Cc1ccccc1C#N)c(=O)n2C. The minimum absolute atomic E-state index is 0.0170. The maximum atomic E-state index is 13.5. The number of aryl methyl sites for hydroxylation is 1. The molecular formula is C23H27N7O2. The summed E-state index contributed by atoms with van der Waals surface area (Å²) in [6.45, 7) is 6.22. The molecule has 0 saturated heterocycles. The number of hydrogen-bond acceptors (Lipinski definition) is 6. The fourth-order valence-corrected chi connectivity index (χ4v) is 3.72. The molecule has 0 saturated carbocycles. The second-order valence-corrected chi connectivity index (χ2v) is 8.44. The first kappa shape index (κ1) is 22.9. The fourth-order valence-electron chi connectivity index (χ4n) is 3.72. The molecule has 0 amide bonds. The van der Waals surface area contributed by atoms with Crippen molar-refractivity contribution in [3.8, 4) is 17.9 Å². The summed E-state index contributed by atoms with van der Waals surface area (Å²) >= 11 is 0. The Morgan fingerprint density at radius 1 is 1.22 bits per heavy atom. The third-order valence-electron chi connectivity index (χ3n) is 5.08. The Kier molecular flexibility index (Phi) is 6.24. The topological polar surface area (TPSA) is 115 Å². The van der Waals surface area contributed by atoms with Crippen molar-refractivity contribution in [1.82, 2.24) is 18.7 Å². The number of nitrogens with two attached hydrogens (primary N) is 1. The van der Waals surface area contributed by atoms with Gasteiger partial charge in [-0.2, -0.15) is 10.2 Å². The molecule has 9 nitrogen and oxygen atoms in total. The predicted octanol–water partition coefficient (Wildman–Crippen LogP) is 1.01. The van der Waals surface area contributed by atoms with Gasteiger partial charge in [-0.05, 0) is 32.4 Å². The number of anilines is 1. The first-order chi connectivity index (χ1) is 15.1. The lowest BCUT2D eigenvalue weighted by atomic mass is 10.1. The third-order valence-corrected chi connectivity index (χ3v) is 5.08. The van der Waals surface area contributed by atoms with Crippen LogP contribution in [0.5, 0.6) is 0 Å². The molecule has 32 heavy (non-hydrogen) atoms. The number of benzene rings is 1. The molecular weight excluding hydrogens is 406 g/mol. The predicted molar refractivity (Wildman–Crippen MR) is 124 cm³/mol. The number of nitrogens with zero attached hydrogens (tertiary/aromatic N) is 6. The summed E-state index contributed by atoms with van der Waals surface area (Å²) in [7, 11) is 3.42. The van der Waals surface area contributed by atoms with Crippen molar-refractivity contribution in [3.05, 3.63) is 56.2 Å². The summed E-state index contributed by atoms with van der Waals surface area (Å²) in [5.74, 6) is 6.33. The molecule has 2 heterocycles. The molecule has 3 aromatic rings. The zero-order valence-corrected chi connectivity index (χ0v) is 19.0. The van der Waals surface area contributed by atoms with Crippen LogP contribution < -0.4 is 21.9 Å². The van der Waals surface area contributed by atoms with Crippen LogP contribution in [-0.4, -0.2) is 37.8 Å². The van der Waals surface area contributed by atoms with Crippen molar-refractivity contribution in [2.24, 2.45) is 12.8 Å². The van der Waals surface area contributed by atoms with E-state index >= 15 is 0 Å². The quantitative estimate of drug-likeness (QED) is 0.580. The number of likely N-dealkylation sites (N-methyl/N-ethyl adjacent to an activating group) is 1. The molecule has 2 aromatic heterocycles. The van der Waals surface area contributed by atoms with Gasteiger partial charge in [-0.15, -0.1) is 5.92 Å². The van der Waals surface area contributed by atoms with Gasteiger partial charge in [-0.1, -0.05) is 24.1 Å². The van der Waals surface area contributed by atoms with Gasteiger partial charge < -0.3 is 10.6 Å². The standard InChI is InChI=1S/C23H27N7O2/c1-6-7-12-29-18-19(26-21(29)27(4)15-23(2,3)25)28(5)22(32)30(20(18)31)14-17-11-9-8-10-16(17)13-24/h8-11H,12,14-15,25H2,1-5H3. The molecule has 0 radical (unpaired) electrons. The monoisotopic (exact) mass is 433 g/mol. The lowest BCUT2D eigenvalue weighted by Crippen LogP contribution is -2.44. The van der Waals surface area contributed by atoms with Crippen molar-refractivity contribution >= 4 is 17.1 Å². The molecule has 0 aliphatic heterocycles. The van der Waals surface area contributed by atoms with Crippen molar-refractivity contribution in [2.45, 2.75) is 39.4 Å². The molecule has 3 rings (SSSR count). The summed E-state index contributed by atoms with van der Waals surface area (Å²) in [5, 5.41) is 9.39. The van der Waals surface area contributed by atoms with E-state index in [-0.39, 0.29) is 24.3 Å². The Labute approximate surface area is 186 Å². The molecule has 1 aromatic carbocycles. The van der Waals surface area contributed by atoms with Gasteiger partial charge in [0.2, 0.25) is 5.95 Å². The van der Waals surface area contributed by atoms with Gasteiger partial charge in [0, 0.05) is 26.2 Å². The molecule has 0 spiro atoms. The van der Waals surface area contributed by atoms with E-state index in [1.807, 2.05) is 25.8 Å². The molecule has 0 unspecified atom stereocenters. The Balaban J connectivity index is 2.29. The van der Waals surface area contributed by atoms with Gasteiger partial charge in [0.05, 0.1) is 24.7 Å². The smallest absolute Gasteiger partial charge is 0.332 e.